The Balaban J connectivity index is 2.07. The minimum atomic E-state index is -4.00. The zero-order valence-electron chi connectivity index (χ0n) is 14.3. The van der Waals surface area contributed by atoms with E-state index in [1.165, 1.54) is 37.7 Å². The van der Waals surface area contributed by atoms with Crippen molar-refractivity contribution >= 4 is 43.9 Å². The van der Waals surface area contributed by atoms with Crippen molar-refractivity contribution in [3.8, 4) is 5.75 Å². The number of benzene rings is 1. The molecular weight excluding hydrogens is 398 g/mol. The number of aryl methyl sites for hydroxylation is 1. The van der Waals surface area contributed by atoms with Crippen LogP contribution in [0.15, 0.2) is 23.1 Å². The van der Waals surface area contributed by atoms with E-state index in [1.807, 2.05) is 0 Å². The Kier molecular flexibility index (Phi) is 5.45. The average Bonchev–Trinajstić information content (AvgIpc) is 2.98. The topological polar surface area (TPSA) is 81.7 Å². The Labute approximate surface area is 161 Å². The molecule has 6 nitrogen and oxygen atoms in total. The van der Waals surface area contributed by atoms with Crippen molar-refractivity contribution in [2.75, 3.05) is 18.9 Å². The van der Waals surface area contributed by atoms with Crippen LogP contribution in [0, 0.1) is 0 Å². The van der Waals surface area contributed by atoms with Crippen LogP contribution in [0.4, 0.5) is 5.00 Å². The van der Waals surface area contributed by atoms with Gasteiger partial charge in [0, 0.05) is 9.90 Å². The van der Waals surface area contributed by atoms with Gasteiger partial charge >= 0.3 is 5.97 Å². The van der Waals surface area contributed by atoms with E-state index in [-0.39, 0.29) is 20.7 Å². The summed E-state index contributed by atoms with van der Waals surface area (Å²) in [7, 11) is -1.33. The lowest BCUT2D eigenvalue weighted by atomic mass is 9.95. The van der Waals surface area contributed by atoms with Crippen molar-refractivity contribution < 1.29 is 22.7 Å². The number of hydrogen-bond donors (Lipinski definition) is 1. The van der Waals surface area contributed by atoms with E-state index in [0.29, 0.717) is 5.56 Å². The third kappa shape index (κ3) is 3.54. The van der Waals surface area contributed by atoms with Crippen molar-refractivity contribution in [1.29, 1.82) is 0 Å². The van der Waals surface area contributed by atoms with Gasteiger partial charge in [-0.15, -0.1) is 11.3 Å². The van der Waals surface area contributed by atoms with E-state index in [4.69, 9.17) is 21.1 Å². The Morgan fingerprint density at radius 2 is 1.96 bits per heavy atom. The number of anilines is 1. The van der Waals surface area contributed by atoms with E-state index in [1.54, 1.807) is 6.07 Å². The summed E-state index contributed by atoms with van der Waals surface area (Å²) in [6, 6.07) is 4.34. The highest BCUT2D eigenvalue weighted by atomic mass is 35.5. The Morgan fingerprint density at radius 3 is 2.65 bits per heavy atom. The maximum absolute atomic E-state index is 12.9. The van der Waals surface area contributed by atoms with Gasteiger partial charge < -0.3 is 9.47 Å². The van der Waals surface area contributed by atoms with E-state index < -0.39 is 16.0 Å². The first kappa shape index (κ1) is 19.0. The van der Waals surface area contributed by atoms with Gasteiger partial charge in [0.15, 0.2) is 0 Å². The second-order valence-electron chi connectivity index (χ2n) is 5.81. The van der Waals surface area contributed by atoms with Crippen LogP contribution in [0.2, 0.25) is 5.02 Å². The number of ether oxygens (including phenoxy) is 2. The first-order chi connectivity index (χ1) is 12.4. The van der Waals surface area contributed by atoms with Gasteiger partial charge in [-0.05, 0) is 49.4 Å². The fraction of sp³-hybridized carbons (Fsp3) is 0.353. The molecule has 1 aliphatic carbocycles. The summed E-state index contributed by atoms with van der Waals surface area (Å²) in [5.41, 5.74) is 1.18. The number of rotatable bonds is 5. The Bertz CT molecular complexity index is 952. The number of carbonyl (C=O) groups excluding carboxylic acids is 1. The molecule has 0 aliphatic heterocycles. The minimum absolute atomic E-state index is 0.0883. The smallest absolute Gasteiger partial charge is 0.341 e. The van der Waals surface area contributed by atoms with Crippen molar-refractivity contribution in [1.82, 2.24) is 0 Å². The Hall–Kier alpha value is -1.77. The fourth-order valence-corrected chi connectivity index (χ4v) is 6.01. The minimum Gasteiger partial charge on any atom is -0.495 e. The van der Waals surface area contributed by atoms with Crippen LogP contribution in [0.5, 0.6) is 5.75 Å². The largest absolute Gasteiger partial charge is 0.495 e. The second-order valence-corrected chi connectivity index (χ2v) is 9.00. The number of hydrogen-bond acceptors (Lipinski definition) is 6. The summed E-state index contributed by atoms with van der Waals surface area (Å²) in [6.45, 7) is 0. The molecule has 0 saturated carbocycles. The molecule has 140 valence electrons. The number of fused-ring (bicyclic) bond motifs is 1. The third-order valence-corrected chi connectivity index (χ3v) is 7.15. The summed E-state index contributed by atoms with van der Waals surface area (Å²) < 4.78 is 38.4. The van der Waals surface area contributed by atoms with Crippen LogP contribution in [0.1, 0.15) is 33.6 Å². The van der Waals surface area contributed by atoms with Gasteiger partial charge in [-0.25, -0.2) is 13.2 Å². The molecule has 2 aromatic rings. The molecule has 1 aromatic carbocycles. The van der Waals surface area contributed by atoms with Gasteiger partial charge in [-0.1, -0.05) is 11.6 Å². The maximum atomic E-state index is 12.9. The van der Waals surface area contributed by atoms with Crippen molar-refractivity contribution in [2.45, 2.75) is 30.6 Å². The van der Waals surface area contributed by atoms with E-state index in [2.05, 4.69) is 4.72 Å². The van der Waals surface area contributed by atoms with Crippen LogP contribution in [-0.2, 0) is 27.6 Å². The number of esters is 1. The molecule has 0 fully saturated rings. The lowest BCUT2D eigenvalue weighted by Gasteiger charge is -2.13. The quantitative estimate of drug-likeness (QED) is 0.749. The van der Waals surface area contributed by atoms with Crippen LogP contribution in [-0.4, -0.2) is 28.6 Å². The van der Waals surface area contributed by atoms with Gasteiger partial charge in [0.2, 0.25) is 0 Å². The van der Waals surface area contributed by atoms with Gasteiger partial charge in [0.1, 0.15) is 15.6 Å². The standard InChI is InChI=1S/C17H18ClNO5S2/c1-23-12-8-7-10(18)9-14(12)26(21,22)19-16-15(17(20)24-2)11-5-3-4-6-13(11)25-16/h7-9,19H,3-6H2,1-2H3. The molecule has 0 bridgehead atoms. The summed E-state index contributed by atoms with van der Waals surface area (Å²) >= 11 is 7.23. The predicted octanol–water partition coefficient (Wildman–Crippen LogP) is 3.88. The molecule has 1 heterocycles. The van der Waals surface area contributed by atoms with Crippen molar-refractivity contribution in [2.24, 2.45) is 0 Å². The third-order valence-electron chi connectivity index (χ3n) is 4.20. The zero-order chi connectivity index (χ0) is 18.9. The molecular formula is C17H18ClNO5S2. The second kappa shape index (κ2) is 7.46. The molecule has 26 heavy (non-hydrogen) atoms. The first-order valence-electron chi connectivity index (χ1n) is 7.96. The molecule has 0 amide bonds. The number of halogens is 1. The number of methoxy groups -OCH3 is 2. The van der Waals surface area contributed by atoms with Crippen LogP contribution < -0.4 is 9.46 Å². The maximum Gasteiger partial charge on any atom is 0.341 e. The predicted molar refractivity (Wildman–Crippen MR) is 101 cm³/mol. The van der Waals surface area contributed by atoms with Gasteiger partial charge in [0.25, 0.3) is 10.0 Å². The number of carbonyl (C=O) groups is 1. The van der Waals surface area contributed by atoms with Crippen LogP contribution in [0.25, 0.3) is 0 Å². The highest BCUT2D eigenvalue weighted by molar-refractivity contribution is 7.93. The molecule has 9 heteroatoms. The molecule has 0 spiro atoms. The Morgan fingerprint density at radius 1 is 1.23 bits per heavy atom. The van der Waals surface area contributed by atoms with E-state index >= 15 is 0 Å². The molecule has 0 unspecified atom stereocenters. The highest BCUT2D eigenvalue weighted by Gasteiger charge is 2.29. The first-order valence-corrected chi connectivity index (χ1v) is 10.6. The summed E-state index contributed by atoms with van der Waals surface area (Å²) in [6.07, 6.45) is 3.54. The van der Waals surface area contributed by atoms with Crippen molar-refractivity contribution in [3.05, 3.63) is 39.2 Å². The number of thiophene rings is 1. The molecule has 3 rings (SSSR count). The number of nitrogens with one attached hydrogen (secondary N) is 1. The number of sulfonamides is 1. The molecule has 0 radical (unpaired) electrons. The lowest BCUT2D eigenvalue weighted by Crippen LogP contribution is -2.16. The average molecular weight is 416 g/mol. The molecule has 1 aromatic heterocycles. The summed E-state index contributed by atoms with van der Waals surface area (Å²) in [5.74, 6) is -0.372. The normalized spacial score (nSPS) is 13.8. The zero-order valence-corrected chi connectivity index (χ0v) is 16.7. The van der Waals surface area contributed by atoms with Gasteiger partial charge in [-0.2, -0.15) is 0 Å². The van der Waals surface area contributed by atoms with Crippen LogP contribution in [0.3, 0.4) is 0 Å². The molecule has 0 atom stereocenters. The SMILES string of the molecule is COC(=O)c1c(NS(=O)(=O)c2cc(Cl)ccc2OC)sc2c1CCCC2. The van der Waals surface area contributed by atoms with Gasteiger partial charge in [-0.3, -0.25) is 4.72 Å². The lowest BCUT2D eigenvalue weighted by molar-refractivity contribution is 0.0601. The van der Waals surface area contributed by atoms with E-state index in [9.17, 15) is 13.2 Å². The van der Waals surface area contributed by atoms with Crippen LogP contribution >= 0.6 is 22.9 Å². The molecule has 1 aliphatic rings. The molecule has 1 N–H and O–H groups in total. The monoisotopic (exact) mass is 415 g/mol. The highest BCUT2D eigenvalue weighted by Crippen LogP contribution is 2.40. The fourth-order valence-electron chi connectivity index (χ4n) is 2.99. The molecule has 0 saturated heterocycles. The van der Waals surface area contributed by atoms with Crippen molar-refractivity contribution in [3.63, 3.8) is 0 Å². The van der Waals surface area contributed by atoms with Gasteiger partial charge in [0.05, 0.1) is 19.8 Å². The van der Waals surface area contributed by atoms with E-state index in [0.717, 1.165) is 36.1 Å². The summed E-state index contributed by atoms with van der Waals surface area (Å²) in [5, 5.41) is 0.538. The summed E-state index contributed by atoms with van der Waals surface area (Å²) in [4.78, 5) is 13.2.